The average Bonchev–Trinajstić information content (AvgIpc) is 2.27. The monoisotopic (exact) mass is 271 g/mol. The highest BCUT2D eigenvalue weighted by Gasteiger charge is 2.24. The smallest absolute Gasteiger partial charge is 0.316 e. The van der Waals surface area contributed by atoms with Gasteiger partial charge < -0.3 is 4.74 Å². The van der Waals surface area contributed by atoms with Crippen molar-refractivity contribution < 1.29 is 14.3 Å². The Balaban J connectivity index is 2.85. The minimum absolute atomic E-state index is 0.260. The molecule has 0 saturated carbocycles. The van der Waals surface area contributed by atoms with Gasteiger partial charge in [-0.25, -0.2) is 0 Å². The molecule has 1 heterocycles. The summed E-state index contributed by atoms with van der Waals surface area (Å²) in [6, 6.07) is 3.26. The van der Waals surface area contributed by atoms with Crippen LogP contribution in [0, 0.1) is 5.92 Å². The molecule has 1 unspecified atom stereocenters. The molecule has 1 aromatic rings. The zero-order chi connectivity index (χ0) is 11.4. The Kier molecular flexibility index (Phi) is 3.96. The highest BCUT2D eigenvalue weighted by atomic mass is 79.9. The van der Waals surface area contributed by atoms with Crippen molar-refractivity contribution in [1.82, 2.24) is 4.98 Å². The van der Waals surface area contributed by atoms with Crippen LogP contribution in [0.3, 0.4) is 0 Å². The number of nitrogens with zero attached hydrogens (tertiary/aromatic N) is 1. The maximum atomic E-state index is 11.7. The summed E-state index contributed by atoms with van der Waals surface area (Å²) in [4.78, 5) is 26.7. The first-order valence-electron chi connectivity index (χ1n) is 4.30. The lowest BCUT2D eigenvalue weighted by molar-refractivity contribution is -0.143. The van der Waals surface area contributed by atoms with Crippen LogP contribution in [-0.4, -0.2) is 23.8 Å². The first-order chi connectivity index (χ1) is 7.06. The first-order valence-corrected chi connectivity index (χ1v) is 5.09. The SMILES string of the molecule is COC(=O)C(C)C(=O)c1ccc(Br)cn1. The summed E-state index contributed by atoms with van der Waals surface area (Å²) < 4.78 is 5.26. The highest BCUT2D eigenvalue weighted by Crippen LogP contribution is 2.11. The molecule has 0 aliphatic carbocycles. The Labute approximate surface area is 95.8 Å². The van der Waals surface area contributed by atoms with E-state index in [-0.39, 0.29) is 11.5 Å². The molecule has 15 heavy (non-hydrogen) atoms. The number of ether oxygens (including phenoxy) is 1. The zero-order valence-corrected chi connectivity index (χ0v) is 9.95. The standard InChI is InChI=1S/C10H10BrNO3/c1-6(10(14)15-2)9(13)8-4-3-7(11)5-12-8/h3-6H,1-2H3. The maximum absolute atomic E-state index is 11.7. The van der Waals surface area contributed by atoms with Gasteiger partial charge in [-0.3, -0.25) is 14.6 Å². The van der Waals surface area contributed by atoms with Gasteiger partial charge in [-0.15, -0.1) is 0 Å². The molecule has 0 spiro atoms. The summed E-state index contributed by atoms with van der Waals surface area (Å²) in [5.41, 5.74) is 0.260. The minimum Gasteiger partial charge on any atom is -0.468 e. The molecule has 0 aliphatic heterocycles. The summed E-state index contributed by atoms with van der Waals surface area (Å²) in [5, 5.41) is 0. The summed E-state index contributed by atoms with van der Waals surface area (Å²) in [6.45, 7) is 1.50. The van der Waals surface area contributed by atoms with Gasteiger partial charge in [0, 0.05) is 10.7 Å². The van der Waals surface area contributed by atoms with E-state index in [2.05, 4.69) is 25.7 Å². The number of hydrogen-bond donors (Lipinski definition) is 0. The van der Waals surface area contributed by atoms with E-state index in [1.54, 1.807) is 12.1 Å². The molecular formula is C10H10BrNO3. The molecule has 0 amide bonds. The van der Waals surface area contributed by atoms with Crippen molar-refractivity contribution in [3.63, 3.8) is 0 Å². The van der Waals surface area contributed by atoms with Crippen LogP contribution in [0.1, 0.15) is 17.4 Å². The van der Waals surface area contributed by atoms with Crippen LogP contribution in [0.15, 0.2) is 22.8 Å². The second-order valence-corrected chi connectivity index (χ2v) is 3.89. The van der Waals surface area contributed by atoms with E-state index in [0.717, 1.165) is 4.47 Å². The molecule has 0 aromatic carbocycles. The topological polar surface area (TPSA) is 56.3 Å². The summed E-state index contributed by atoms with van der Waals surface area (Å²) in [5.74, 6) is -1.71. The fourth-order valence-electron chi connectivity index (χ4n) is 1.03. The molecule has 1 atom stereocenters. The van der Waals surface area contributed by atoms with Crippen molar-refractivity contribution in [1.29, 1.82) is 0 Å². The van der Waals surface area contributed by atoms with Crippen molar-refractivity contribution in [2.45, 2.75) is 6.92 Å². The van der Waals surface area contributed by atoms with E-state index in [4.69, 9.17) is 0 Å². The van der Waals surface area contributed by atoms with Gasteiger partial charge in [0.05, 0.1) is 7.11 Å². The fourth-order valence-corrected chi connectivity index (χ4v) is 1.26. The minimum atomic E-state index is -0.816. The Morgan fingerprint density at radius 3 is 2.60 bits per heavy atom. The van der Waals surface area contributed by atoms with Crippen LogP contribution in [0.4, 0.5) is 0 Å². The van der Waals surface area contributed by atoms with E-state index >= 15 is 0 Å². The molecule has 0 saturated heterocycles. The summed E-state index contributed by atoms with van der Waals surface area (Å²) in [6.07, 6.45) is 1.51. The molecule has 0 radical (unpaired) electrons. The quantitative estimate of drug-likeness (QED) is 0.478. The Morgan fingerprint density at radius 1 is 1.47 bits per heavy atom. The van der Waals surface area contributed by atoms with Crippen molar-refractivity contribution in [3.05, 3.63) is 28.5 Å². The maximum Gasteiger partial charge on any atom is 0.316 e. The molecule has 1 rings (SSSR count). The van der Waals surface area contributed by atoms with Crippen LogP contribution < -0.4 is 0 Å². The Bertz CT molecular complexity index is 375. The van der Waals surface area contributed by atoms with Gasteiger partial charge in [0.1, 0.15) is 11.6 Å². The van der Waals surface area contributed by atoms with Crippen molar-refractivity contribution in [2.24, 2.45) is 5.92 Å². The second-order valence-electron chi connectivity index (χ2n) is 2.97. The molecule has 4 nitrogen and oxygen atoms in total. The number of carbonyl (C=O) groups excluding carboxylic acids is 2. The number of rotatable bonds is 3. The van der Waals surface area contributed by atoms with Crippen molar-refractivity contribution >= 4 is 27.7 Å². The molecule has 1 aromatic heterocycles. The van der Waals surface area contributed by atoms with E-state index in [0.29, 0.717) is 0 Å². The highest BCUT2D eigenvalue weighted by molar-refractivity contribution is 9.10. The van der Waals surface area contributed by atoms with Gasteiger partial charge in [-0.1, -0.05) is 0 Å². The van der Waals surface area contributed by atoms with Gasteiger partial charge >= 0.3 is 5.97 Å². The number of Topliss-reactive ketones (excluding diaryl/α,β-unsaturated/α-hetero) is 1. The predicted octanol–water partition coefficient (Wildman–Crippen LogP) is 1.84. The van der Waals surface area contributed by atoms with E-state index < -0.39 is 11.9 Å². The predicted molar refractivity (Wildman–Crippen MR) is 57.4 cm³/mol. The lowest BCUT2D eigenvalue weighted by Crippen LogP contribution is -2.23. The van der Waals surface area contributed by atoms with Crippen LogP contribution in [0.2, 0.25) is 0 Å². The third-order valence-corrected chi connectivity index (χ3v) is 2.40. The lowest BCUT2D eigenvalue weighted by Gasteiger charge is -2.06. The average molecular weight is 272 g/mol. The van der Waals surface area contributed by atoms with Crippen LogP contribution >= 0.6 is 15.9 Å². The third-order valence-electron chi connectivity index (χ3n) is 1.93. The Hall–Kier alpha value is -1.23. The number of pyridine rings is 1. The van der Waals surface area contributed by atoms with Gasteiger partial charge in [0.15, 0.2) is 5.78 Å². The molecule has 0 aliphatic rings. The number of aromatic nitrogens is 1. The molecule has 0 fully saturated rings. The fraction of sp³-hybridized carbons (Fsp3) is 0.300. The van der Waals surface area contributed by atoms with Gasteiger partial charge in [-0.05, 0) is 35.0 Å². The lowest BCUT2D eigenvalue weighted by atomic mass is 10.0. The normalized spacial score (nSPS) is 11.9. The number of esters is 1. The number of hydrogen-bond acceptors (Lipinski definition) is 4. The van der Waals surface area contributed by atoms with Crippen molar-refractivity contribution in [2.75, 3.05) is 7.11 Å². The largest absolute Gasteiger partial charge is 0.468 e. The number of methoxy groups -OCH3 is 1. The molecule has 0 N–H and O–H groups in total. The number of ketones is 1. The van der Waals surface area contributed by atoms with Gasteiger partial charge in [-0.2, -0.15) is 0 Å². The summed E-state index contributed by atoms with van der Waals surface area (Å²) >= 11 is 3.21. The second kappa shape index (κ2) is 5.02. The van der Waals surface area contributed by atoms with Crippen molar-refractivity contribution in [3.8, 4) is 0 Å². The molecular weight excluding hydrogens is 262 g/mol. The van der Waals surface area contributed by atoms with E-state index in [9.17, 15) is 9.59 Å². The zero-order valence-electron chi connectivity index (χ0n) is 8.36. The summed E-state index contributed by atoms with van der Waals surface area (Å²) in [7, 11) is 1.25. The van der Waals surface area contributed by atoms with E-state index in [1.807, 2.05) is 0 Å². The van der Waals surface area contributed by atoms with Gasteiger partial charge in [0.2, 0.25) is 0 Å². The van der Waals surface area contributed by atoms with Crippen LogP contribution in [0.25, 0.3) is 0 Å². The third kappa shape index (κ3) is 2.86. The molecule has 0 bridgehead atoms. The van der Waals surface area contributed by atoms with Crippen LogP contribution in [-0.2, 0) is 9.53 Å². The van der Waals surface area contributed by atoms with Gasteiger partial charge in [0.25, 0.3) is 0 Å². The first kappa shape index (κ1) is 11.8. The Morgan fingerprint density at radius 2 is 2.13 bits per heavy atom. The van der Waals surface area contributed by atoms with E-state index in [1.165, 1.54) is 20.2 Å². The molecule has 80 valence electrons. The number of halogens is 1. The molecule has 5 heteroatoms. The number of carbonyl (C=O) groups is 2. The van der Waals surface area contributed by atoms with Crippen LogP contribution in [0.5, 0.6) is 0 Å².